The molecule has 1 heterocycles. The number of hydrogen-bond acceptors (Lipinski definition) is 4. The molecule has 0 aromatic heterocycles. The number of primary sulfonamides is 1. The number of sulfonamides is 1. The SMILES string of the molecule is NC[C@@H]1CN(C(=O)c2ccc(S(N)(=O)=O)c(F)c2)C[C@H]1c1ccccc1. The Morgan fingerprint density at radius 1 is 1.15 bits per heavy atom. The minimum Gasteiger partial charge on any atom is -0.338 e. The zero-order valence-electron chi connectivity index (χ0n) is 14.0. The number of carbonyl (C=O) groups is 1. The van der Waals surface area contributed by atoms with Gasteiger partial charge in [0.1, 0.15) is 10.7 Å². The van der Waals surface area contributed by atoms with E-state index in [2.05, 4.69) is 0 Å². The number of amides is 1. The van der Waals surface area contributed by atoms with Crippen LogP contribution in [0.5, 0.6) is 0 Å². The highest BCUT2D eigenvalue weighted by Gasteiger charge is 2.35. The predicted molar refractivity (Wildman–Crippen MR) is 95.4 cm³/mol. The topological polar surface area (TPSA) is 106 Å². The summed E-state index contributed by atoms with van der Waals surface area (Å²) in [5.74, 6) is -1.18. The molecule has 138 valence electrons. The van der Waals surface area contributed by atoms with E-state index in [1.54, 1.807) is 4.90 Å². The van der Waals surface area contributed by atoms with Crippen LogP contribution >= 0.6 is 0 Å². The molecule has 1 aliphatic heterocycles. The van der Waals surface area contributed by atoms with Crippen molar-refractivity contribution in [2.24, 2.45) is 16.8 Å². The summed E-state index contributed by atoms with van der Waals surface area (Å²) in [6.07, 6.45) is 0. The molecule has 2 aromatic carbocycles. The quantitative estimate of drug-likeness (QED) is 0.837. The van der Waals surface area contributed by atoms with Crippen molar-refractivity contribution in [3.8, 4) is 0 Å². The lowest BCUT2D eigenvalue weighted by Crippen LogP contribution is -2.30. The highest BCUT2D eigenvalue weighted by molar-refractivity contribution is 7.89. The van der Waals surface area contributed by atoms with E-state index in [1.807, 2.05) is 30.3 Å². The van der Waals surface area contributed by atoms with Crippen LogP contribution in [0.1, 0.15) is 21.8 Å². The number of nitrogens with zero attached hydrogens (tertiary/aromatic N) is 1. The van der Waals surface area contributed by atoms with Gasteiger partial charge in [-0.05, 0) is 36.2 Å². The summed E-state index contributed by atoms with van der Waals surface area (Å²) in [5, 5.41) is 4.95. The fraction of sp³-hybridized carbons (Fsp3) is 0.278. The van der Waals surface area contributed by atoms with Gasteiger partial charge >= 0.3 is 0 Å². The molecule has 0 unspecified atom stereocenters. The zero-order valence-corrected chi connectivity index (χ0v) is 14.8. The van der Waals surface area contributed by atoms with Gasteiger partial charge in [-0.25, -0.2) is 17.9 Å². The predicted octanol–water partition coefficient (Wildman–Crippen LogP) is 1.29. The first kappa shape index (κ1) is 18.5. The number of carbonyl (C=O) groups excluding carboxylic acids is 1. The fourth-order valence-corrected chi connectivity index (χ4v) is 3.99. The Hall–Kier alpha value is -2.29. The van der Waals surface area contributed by atoms with Crippen molar-refractivity contribution in [1.82, 2.24) is 4.90 Å². The van der Waals surface area contributed by atoms with E-state index in [4.69, 9.17) is 10.9 Å². The lowest BCUT2D eigenvalue weighted by Gasteiger charge is -2.17. The van der Waals surface area contributed by atoms with Gasteiger partial charge in [-0.3, -0.25) is 4.79 Å². The Morgan fingerprint density at radius 2 is 1.85 bits per heavy atom. The van der Waals surface area contributed by atoms with Gasteiger partial charge in [0.25, 0.3) is 5.91 Å². The van der Waals surface area contributed by atoms with Gasteiger partial charge in [0.15, 0.2) is 0 Å². The van der Waals surface area contributed by atoms with Crippen molar-refractivity contribution >= 4 is 15.9 Å². The minimum atomic E-state index is -4.17. The molecule has 1 saturated heterocycles. The molecule has 2 aromatic rings. The minimum absolute atomic E-state index is 0.0828. The van der Waals surface area contributed by atoms with Crippen molar-refractivity contribution in [3.63, 3.8) is 0 Å². The Labute approximate surface area is 151 Å². The lowest BCUT2D eigenvalue weighted by atomic mass is 9.89. The summed E-state index contributed by atoms with van der Waals surface area (Å²) < 4.78 is 36.6. The molecular formula is C18H20FN3O3S. The van der Waals surface area contributed by atoms with Crippen molar-refractivity contribution in [2.45, 2.75) is 10.8 Å². The summed E-state index contributed by atoms with van der Waals surface area (Å²) in [5.41, 5.74) is 7.06. The van der Waals surface area contributed by atoms with E-state index in [1.165, 1.54) is 6.07 Å². The van der Waals surface area contributed by atoms with Gasteiger partial charge in [-0.2, -0.15) is 0 Å². The number of benzene rings is 2. The maximum atomic E-state index is 14.0. The zero-order chi connectivity index (χ0) is 18.9. The summed E-state index contributed by atoms with van der Waals surface area (Å²) in [7, 11) is -4.17. The van der Waals surface area contributed by atoms with Crippen LogP contribution in [0.3, 0.4) is 0 Å². The molecule has 1 fully saturated rings. The van der Waals surface area contributed by atoms with E-state index in [0.29, 0.717) is 19.6 Å². The molecule has 0 radical (unpaired) electrons. The average molecular weight is 377 g/mol. The first-order valence-corrected chi connectivity index (χ1v) is 9.72. The number of rotatable bonds is 4. The molecule has 2 atom stereocenters. The summed E-state index contributed by atoms with van der Waals surface area (Å²) in [4.78, 5) is 13.7. The maximum Gasteiger partial charge on any atom is 0.253 e. The molecule has 0 saturated carbocycles. The smallest absolute Gasteiger partial charge is 0.253 e. The monoisotopic (exact) mass is 377 g/mol. The highest BCUT2D eigenvalue weighted by atomic mass is 32.2. The van der Waals surface area contributed by atoms with Gasteiger partial charge in [0.2, 0.25) is 10.0 Å². The van der Waals surface area contributed by atoms with Gasteiger partial charge in [0.05, 0.1) is 0 Å². The van der Waals surface area contributed by atoms with E-state index in [9.17, 15) is 17.6 Å². The third-order valence-electron chi connectivity index (χ3n) is 4.74. The van der Waals surface area contributed by atoms with Gasteiger partial charge < -0.3 is 10.6 Å². The molecular weight excluding hydrogens is 357 g/mol. The van der Waals surface area contributed by atoms with Crippen LogP contribution < -0.4 is 10.9 Å². The fourth-order valence-electron chi connectivity index (χ4n) is 3.40. The van der Waals surface area contributed by atoms with E-state index in [-0.39, 0.29) is 23.3 Å². The number of hydrogen-bond donors (Lipinski definition) is 2. The summed E-state index contributed by atoms with van der Waals surface area (Å²) in [6.45, 7) is 1.37. The Balaban J connectivity index is 1.84. The first-order chi connectivity index (χ1) is 12.3. The van der Waals surface area contributed by atoms with Crippen LogP contribution in [0.4, 0.5) is 4.39 Å². The van der Waals surface area contributed by atoms with Crippen LogP contribution in [0, 0.1) is 11.7 Å². The van der Waals surface area contributed by atoms with E-state index in [0.717, 1.165) is 17.7 Å². The molecule has 3 rings (SSSR count). The Kier molecular flexibility index (Phi) is 5.08. The van der Waals surface area contributed by atoms with Crippen LogP contribution in [-0.2, 0) is 10.0 Å². The highest BCUT2D eigenvalue weighted by Crippen LogP contribution is 2.33. The van der Waals surface area contributed by atoms with Crippen molar-refractivity contribution in [2.75, 3.05) is 19.6 Å². The van der Waals surface area contributed by atoms with Crippen molar-refractivity contribution in [3.05, 3.63) is 65.5 Å². The second kappa shape index (κ2) is 7.14. The van der Waals surface area contributed by atoms with Crippen molar-refractivity contribution in [1.29, 1.82) is 0 Å². The molecule has 26 heavy (non-hydrogen) atoms. The normalized spacial score (nSPS) is 20.3. The van der Waals surface area contributed by atoms with Crippen LogP contribution in [0.15, 0.2) is 53.4 Å². The second-order valence-electron chi connectivity index (χ2n) is 6.41. The van der Waals surface area contributed by atoms with Gasteiger partial charge in [-0.15, -0.1) is 0 Å². The molecule has 0 aliphatic carbocycles. The van der Waals surface area contributed by atoms with E-state index >= 15 is 0 Å². The molecule has 8 heteroatoms. The molecule has 4 N–H and O–H groups in total. The number of halogens is 1. The number of nitrogens with two attached hydrogens (primary N) is 2. The van der Waals surface area contributed by atoms with Crippen LogP contribution in [-0.4, -0.2) is 38.9 Å². The standard InChI is InChI=1S/C18H20FN3O3S/c19-16-8-13(6-7-17(16)26(21,24)25)18(23)22-10-14(9-20)15(11-22)12-4-2-1-3-5-12/h1-8,14-15H,9-11,20H2,(H2,21,24,25)/t14-,15+/m1/s1. The average Bonchev–Trinajstić information content (AvgIpc) is 3.05. The van der Waals surface area contributed by atoms with Gasteiger partial charge in [0, 0.05) is 24.6 Å². The van der Waals surface area contributed by atoms with Crippen LogP contribution in [0.2, 0.25) is 0 Å². The lowest BCUT2D eigenvalue weighted by molar-refractivity contribution is 0.0785. The molecule has 1 amide bonds. The molecule has 0 bridgehead atoms. The van der Waals surface area contributed by atoms with Crippen LogP contribution in [0.25, 0.3) is 0 Å². The maximum absolute atomic E-state index is 14.0. The Bertz CT molecular complexity index is 919. The molecule has 1 aliphatic rings. The summed E-state index contributed by atoms with van der Waals surface area (Å²) in [6, 6.07) is 13.0. The summed E-state index contributed by atoms with van der Waals surface area (Å²) >= 11 is 0. The first-order valence-electron chi connectivity index (χ1n) is 8.18. The number of likely N-dealkylation sites (tertiary alicyclic amines) is 1. The third kappa shape index (κ3) is 3.62. The molecule has 0 spiro atoms. The second-order valence-corrected chi connectivity index (χ2v) is 7.94. The van der Waals surface area contributed by atoms with E-state index < -0.39 is 20.7 Å². The van der Waals surface area contributed by atoms with Crippen molar-refractivity contribution < 1.29 is 17.6 Å². The Morgan fingerprint density at radius 3 is 2.42 bits per heavy atom. The largest absolute Gasteiger partial charge is 0.338 e. The van der Waals surface area contributed by atoms with Gasteiger partial charge in [-0.1, -0.05) is 30.3 Å². The molecule has 6 nitrogen and oxygen atoms in total. The third-order valence-corrected chi connectivity index (χ3v) is 5.69.